The lowest BCUT2D eigenvalue weighted by molar-refractivity contribution is -0.120. The van der Waals surface area contributed by atoms with Crippen LogP contribution in [0.2, 0.25) is 10.0 Å². The number of hydrogen-bond acceptors (Lipinski definition) is 4. The van der Waals surface area contributed by atoms with Crippen LogP contribution >= 0.6 is 35.4 Å². The predicted molar refractivity (Wildman–Crippen MR) is 135 cm³/mol. The third-order valence-corrected chi connectivity index (χ3v) is 5.10. The normalized spacial score (nSPS) is 10.3. The number of benzene rings is 2. The van der Waals surface area contributed by atoms with E-state index in [0.29, 0.717) is 46.6 Å². The summed E-state index contributed by atoms with van der Waals surface area (Å²) in [5, 5.41) is 9.60. The zero-order valence-corrected chi connectivity index (χ0v) is 20.2. The fourth-order valence-corrected chi connectivity index (χ4v) is 3.49. The summed E-state index contributed by atoms with van der Waals surface area (Å²) in [6.07, 6.45) is 4.19. The number of unbranched alkanes of at least 4 members (excludes halogenated alkanes) is 2. The topological polar surface area (TPSA) is 79.5 Å². The van der Waals surface area contributed by atoms with Gasteiger partial charge in [-0.25, -0.2) is 0 Å². The number of ether oxygens (including phenoxy) is 1. The Morgan fingerprint density at radius 2 is 1.66 bits per heavy atom. The SMILES string of the molecule is CCCCCC(=O)Nc1cccc(NC(=S)NC(=O)CCCOc2ccc(Cl)cc2Cl)c1. The maximum Gasteiger partial charge on any atom is 0.226 e. The molecule has 0 aliphatic carbocycles. The molecule has 2 aromatic rings. The molecule has 32 heavy (non-hydrogen) atoms. The van der Waals surface area contributed by atoms with Crippen LogP contribution in [0.1, 0.15) is 45.4 Å². The number of halogens is 2. The molecule has 6 nitrogen and oxygen atoms in total. The molecule has 0 aliphatic rings. The minimum absolute atomic E-state index is 0.0198. The molecule has 172 valence electrons. The zero-order valence-electron chi connectivity index (χ0n) is 17.9. The summed E-state index contributed by atoms with van der Waals surface area (Å²) < 4.78 is 5.56. The van der Waals surface area contributed by atoms with E-state index in [4.69, 9.17) is 40.2 Å². The van der Waals surface area contributed by atoms with Crippen molar-refractivity contribution in [2.45, 2.75) is 45.4 Å². The van der Waals surface area contributed by atoms with Gasteiger partial charge in [0.25, 0.3) is 0 Å². The van der Waals surface area contributed by atoms with Crippen molar-refractivity contribution in [3.8, 4) is 5.75 Å². The first-order valence-electron chi connectivity index (χ1n) is 10.5. The van der Waals surface area contributed by atoms with Gasteiger partial charge in [-0.05, 0) is 61.5 Å². The van der Waals surface area contributed by atoms with Crippen molar-refractivity contribution in [2.24, 2.45) is 0 Å². The quantitative estimate of drug-likeness (QED) is 0.256. The van der Waals surface area contributed by atoms with E-state index >= 15 is 0 Å². The Morgan fingerprint density at radius 3 is 2.38 bits per heavy atom. The summed E-state index contributed by atoms with van der Waals surface area (Å²) in [6, 6.07) is 12.1. The van der Waals surface area contributed by atoms with Crippen LogP contribution in [0, 0.1) is 0 Å². The Kier molecular flexibility index (Phi) is 11.3. The van der Waals surface area contributed by atoms with E-state index in [0.717, 1.165) is 19.3 Å². The minimum Gasteiger partial charge on any atom is -0.492 e. The van der Waals surface area contributed by atoms with Crippen molar-refractivity contribution in [2.75, 3.05) is 17.2 Å². The van der Waals surface area contributed by atoms with Crippen LogP contribution < -0.4 is 20.7 Å². The van der Waals surface area contributed by atoms with Crippen molar-refractivity contribution in [3.05, 3.63) is 52.5 Å². The maximum absolute atomic E-state index is 12.1. The molecule has 0 aliphatic heterocycles. The minimum atomic E-state index is -0.228. The second-order valence-corrected chi connectivity index (χ2v) is 8.37. The summed E-state index contributed by atoms with van der Waals surface area (Å²) in [5.41, 5.74) is 1.34. The standard InChI is InChI=1S/C23H27Cl2N3O3S/c1-2-3-4-9-21(29)26-17-7-5-8-18(15-17)27-23(32)28-22(30)10-6-13-31-20-12-11-16(24)14-19(20)25/h5,7-8,11-12,14-15H,2-4,6,9-10,13H2,1H3,(H,26,29)(H2,27,28,30,32). The van der Waals surface area contributed by atoms with Gasteiger partial charge in [-0.15, -0.1) is 0 Å². The van der Waals surface area contributed by atoms with Crippen molar-refractivity contribution < 1.29 is 14.3 Å². The highest BCUT2D eigenvalue weighted by Gasteiger charge is 2.08. The number of hydrogen-bond donors (Lipinski definition) is 3. The van der Waals surface area contributed by atoms with Crippen molar-refractivity contribution >= 4 is 63.7 Å². The number of rotatable bonds is 11. The van der Waals surface area contributed by atoms with Crippen LogP contribution in [0.4, 0.5) is 11.4 Å². The van der Waals surface area contributed by atoms with E-state index < -0.39 is 0 Å². The number of carbonyl (C=O) groups excluding carboxylic acids is 2. The second kappa shape index (κ2) is 13.9. The highest BCUT2D eigenvalue weighted by atomic mass is 35.5. The van der Waals surface area contributed by atoms with Gasteiger partial charge in [-0.3, -0.25) is 9.59 Å². The first-order valence-corrected chi connectivity index (χ1v) is 11.6. The number of carbonyl (C=O) groups is 2. The molecule has 0 unspecified atom stereocenters. The molecule has 0 aromatic heterocycles. The van der Waals surface area contributed by atoms with Gasteiger partial charge >= 0.3 is 0 Å². The predicted octanol–water partition coefficient (Wildman–Crippen LogP) is 6.18. The summed E-state index contributed by atoms with van der Waals surface area (Å²) in [4.78, 5) is 24.1. The maximum atomic E-state index is 12.1. The van der Waals surface area contributed by atoms with Gasteiger partial charge in [0.2, 0.25) is 11.8 Å². The molecule has 9 heteroatoms. The average Bonchev–Trinajstić information content (AvgIpc) is 2.72. The average molecular weight is 496 g/mol. The number of nitrogens with one attached hydrogen (secondary N) is 3. The summed E-state index contributed by atoms with van der Waals surface area (Å²) in [6.45, 7) is 2.43. The van der Waals surface area contributed by atoms with Crippen molar-refractivity contribution in [3.63, 3.8) is 0 Å². The molecule has 0 atom stereocenters. The molecule has 2 aromatic carbocycles. The highest BCUT2D eigenvalue weighted by Crippen LogP contribution is 2.27. The van der Waals surface area contributed by atoms with E-state index in [1.54, 1.807) is 42.5 Å². The molecular weight excluding hydrogens is 469 g/mol. The zero-order chi connectivity index (χ0) is 23.3. The number of amides is 2. The van der Waals surface area contributed by atoms with Crippen LogP contribution in [-0.2, 0) is 9.59 Å². The van der Waals surface area contributed by atoms with Crippen LogP contribution in [-0.4, -0.2) is 23.5 Å². The van der Waals surface area contributed by atoms with Crippen LogP contribution in [0.3, 0.4) is 0 Å². The van der Waals surface area contributed by atoms with E-state index in [1.165, 1.54) is 0 Å². The summed E-state index contributed by atoms with van der Waals surface area (Å²) in [5.74, 6) is 0.272. The van der Waals surface area contributed by atoms with Gasteiger partial charge in [0.15, 0.2) is 5.11 Å². The smallest absolute Gasteiger partial charge is 0.226 e. The van der Waals surface area contributed by atoms with Crippen LogP contribution in [0.15, 0.2) is 42.5 Å². The Balaban J connectivity index is 1.71. The largest absolute Gasteiger partial charge is 0.492 e. The lowest BCUT2D eigenvalue weighted by Gasteiger charge is -2.12. The first kappa shape index (κ1) is 25.9. The molecule has 0 fully saturated rings. The Labute approximate surface area is 204 Å². The number of thiocarbonyl (C=S) groups is 1. The second-order valence-electron chi connectivity index (χ2n) is 7.12. The number of anilines is 2. The molecule has 2 amide bonds. The van der Waals surface area contributed by atoms with Crippen LogP contribution in [0.25, 0.3) is 0 Å². The van der Waals surface area contributed by atoms with Gasteiger partial charge in [0.1, 0.15) is 5.75 Å². The van der Waals surface area contributed by atoms with E-state index in [-0.39, 0.29) is 23.3 Å². The van der Waals surface area contributed by atoms with Gasteiger partial charge < -0.3 is 20.7 Å². The molecule has 0 radical (unpaired) electrons. The lowest BCUT2D eigenvalue weighted by atomic mass is 10.2. The molecule has 3 N–H and O–H groups in total. The van der Waals surface area contributed by atoms with Gasteiger partial charge in [-0.2, -0.15) is 0 Å². The highest BCUT2D eigenvalue weighted by molar-refractivity contribution is 7.80. The Hall–Kier alpha value is -2.35. The Bertz CT molecular complexity index is 940. The molecule has 0 saturated heterocycles. The van der Waals surface area contributed by atoms with Gasteiger partial charge in [0.05, 0.1) is 11.6 Å². The summed E-state index contributed by atoms with van der Waals surface area (Å²) >= 11 is 17.1. The summed E-state index contributed by atoms with van der Waals surface area (Å²) in [7, 11) is 0. The Morgan fingerprint density at radius 1 is 0.938 bits per heavy atom. The molecule has 0 spiro atoms. The van der Waals surface area contributed by atoms with Crippen LogP contribution in [0.5, 0.6) is 5.75 Å². The van der Waals surface area contributed by atoms with Gasteiger partial charge in [-0.1, -0.05) is 49.0 Å². The molecule has 0 bridgehead atoms. The van der Waals surface area contributed by atoms with Crippen molar-refractivity contribution in [1.29, 1.82) is 0 Å². The molecule has 0 heterocycles. The van der Waals surface area contributed by atoms with E-state index in [1.807, 2.05) is 0 Å². The third kappa shape index (κ3) is 9.85. The first-order chi connectivity index (χ1) is 15.4. The van der Waals surface area contributed by atoms with E-state index in [2.05, 4.69) is 22.9 Å². The van der Waals surface area contributed by atoms with Gasteiger partial charge in [0, 0.05) is 29.2 Å². The monoisotopic (exact) mass is 495 g/mol. The lowest BCUT2D eigenvalue weighted by Crippen LogP contribution is -2.34. The molecule has 0 saturated carbocycles. The molecular formula is C23H27Cl2N3O3S. The van der Waals surface area contributed by atoms with Crippen molar-refractivity contribution in [1.82, 2.24) is 5.32 Å². The third-order valence-electron chi connectivity index (χ3n) is 4.36. The fourth-order valence-electron chi connectivity index (χ4n) is 2.79. The van der Waals surface area contributed by atoms with E-state index in [9.17, 15) is 9.59 Å². The molecule has 2 rings (SSSR count). The fraction of sp³-hybridized carbons (Fsp3) is 0.348.